The Morgan fingerprint density at radius 3 is 2.73 bits per heavy atom. The van der Waals surface area contributed by atoms with Gasteiger partial charge in [0, 0.05) is 18.0 Å². The van der Waals surface area contributed by atoms with Crippen LogP contribution in [0.15, 0.2) is 52.7 Å². The van der Waals surface area contributed by atoms with Crippen LogP contribution >= 0.6 is 15.9 Å². The van der Waals surface area contributed by atoms with Crippen molar-refractivity contribution in [3.05, 3.63) is 58.5 Å². The molecule has 0 amide bonds. The Labute approximate surface area is 137 Å². The topological polar surface area (TPSA) is 39.1 Å². The van der Waals surface area contributed by atoms with Gasteiger partial charge in [0.25, 0.3) is 0 Å². The summed E-state index contributed by atoms with van der Waals surface area (Å²) in [5.41, 5.74) is 0.960. The fourth-order valence-corrected chi connectivity index (χ4v) is 5.83. The molecule has 0 spiro atoms. The minimum atomic E-state index is -3.80. The maximum Gasteiger partial charge on any atom is 0.248 e. The third-order valence-electron chi connectivity index (χ3n) is 3.91. The highest BCUT2D eigenvalue weighted by Gasteiger charge is 2.41. The van der Waals surface area contributed by atoms with E-state index in [2.05, 4.69) is 15.9 Å². The Kier molecular flexibility index (Phi) is 3.57. The van der Waals surface area contributed by atoms with Crippen molar-refractivity contribution in [2.24, 2.45) is 0 Å². The molecule has 3 nitrogen and oxygen atoms in total. The third kappa shape index (κ3) is 2.25. The summed E-state index contributed by atoms with van der Waals surface area (Å²) in [6.07, 6.45) is 5.36. The second-order valence-electron chi connectivity index (χ2n) is 5.76. The van der Waals surface area contributed by atoms with Crippen molar-refractivity contribution in [2.45, 2.75) is 25.0 Å². The van der Waals surface area contributed by atoms with Gasteiger partial charge >= 0.3 is 0 Å². The first-order valence-corrected chi connectivity index (χ1v) is 9.04. The van der Waals surface area contributed by atoms with E-state index in [9.17, 15) is 12.8 Å². The second-order valence-corrected chi connectivity index (χ2v) is 9.06. The molecule has 0 saturated carbocycles. The van der Waals surface area contributed by atoms with E-state index >= 15 is 0 Å². The molecular formula is C16H15BrFNO2S. The molecule has 1 aromatic heterocycles. The lowest BCUT2D eigenvalue weighted by Gasteiger charge is -2.30. The van der Waals surface area contributed by atoms with Crippen molar-refractivity contribution in [1.29, 1.82) is 0 Å². The molecule has 1 unspecified atom stereocenters. The molecule has 1 aliphatic rings. The van der Waals surface area contributed by atoms with Crippen molar-refractivity contribution in [1.82, 2.24) is 3.97 Å². The number of hydrogen-bond acceptors (Lipinski definition) is 2. The maximum absolute atomic E-state index is 14.1. The van der Waals surface area contributed by atoms with Crippen LogP contribution < -0.4 is 0 Å². The van der Waals surface area contributed by atoms with Crippen LogP contribution in [0, 0.1) is 5.82 Å². The van der Waals surface area contributed by atoms with Crippen molar-refractivity contribution < 1.29 is 12.8 Å². The highest BCUT2D eigenvalue weighted by molar-refractivity contribution is 9.11. The molecule has 6 heteroatoms. The fourth-order valence-electron chi connectivity index (χ4n) is 2.92. The Hall–Kier alpha value is -1.40. The van der Waals surface area contributed by atoms with Gasteiger partial charge in [-0.2, -0.15) is 0 Å². The number of hydrogen-bond donors (Lipinski definition) is 0. The molecule has 3 rings (SSSR count). The van der Waals surface area contributed by atoms with Gasteiger partial charge in [-0.25, -0.2) is 16.8 Å². The number of nitrogens with zero attached hydrogens (tertiary/aromatic N) is 1. The van der Waals surface area contributed by atoms with Gasteiger partial charge in [-0.1, -0.05) is 39.7 Å². The van der Waals surface area contributed by atoms with E-state index in [4.69, 9.17) is 0 Å². The largest absolute Gasteiger partial charge is 0.248 e. The van der Waals surface area contributed by atoms with Crippen LogP contribution in [-0.4, -0.2) is 17.1 Å². The lowest BCUT2D eigenvalue weighted by molar-refractivity contribution is 0.551. The number of rotatable bonds is 2. The summed E-state index contributed by atoms with van der Waals surface area (Å²) in [5, 5.41) is 0.568. The molecule has 1 atom stereocenters. The molecule has 1 aliphatic carbocycles. The van der Waals surface area contributed by atoms with Crippen LogP contribution in [0.3, 0.4) is 0 Å². The fraction of sp³-hybridized carbons (Fsp3) is 0.250. The number of aromatic nitrogens is 1. The number of halogens is 2. The Balaban J connectivity index is 2.24. The van der Waals surface area contributed by atoms with Crippen LogP contribution in [0.5, 0.6) is 0 Å². The molecule has 116 valence electrons. The molecule has 0 aliphatic heterocycles. The zero-order chi connectivity index (χ0) is 16.1. The maximum atomic E-state index is 14.1. The standard InChI is InChI=1S/C16H15BrFNO2S/c1-11-8-13(17)10-16(2,9-11)22(20,21)19-7-6-12-4-3-5-14(18)15(12)19/h3-9H,10H2,1-2H3. The molecule has 2 aromatic rings. The lowest BCUT2D eigenvalue weighted by Crippen LogP contribution is -2.39. The van der Waals surface area contributed by atoms with E-state index in [-0.39, 0.29) is 5.52 Å². The zero-order valence-electron chi connectivity index (χ0n) is 12.2. The molecule has 0 fully saturated rings. The van der Waals surface area contributed by atoms with E-state index in [1.807, 2.05) is 13.0 Å². The number of allylic oxidation sites excluding steroid dienone is 3. The summed E-state index contributed by atoms with van der Waals surface area (Å²) < 4.78 is 41.1. The first kappa shape index (κ1) is 15.5. The smallest absolute Gasteiger partial charge is 0.241 e. The van der Waals surface area contributed by atoms with Crippen LogP contribution in [0.2, 0.25) is 0 Å². The van der Waals surface area contributed by atoms with E-state index in [0.717, 1.165) is 14.0 Å². The monoisotopic (exact) mass is 383 g/mol. The molecule has 0 N–H and O–H groups in total. The van der Waals surface area contributed by atoms with Crippen LogP contribution in [0.1, 0.15) is 20.3 Å². The van der Waals surface area contributed by atoms with E-state index in [0.29, 0.717) is 11.8 Å². The van der Waals surface area contributed by atoms with Crippen LogP contribution in [0.4, 0.5) is 4.39 Å². The summed E-state index contributed by atoms with van der Waals surface area (Å²) in [7, 11) is -3.80. The van der Waals surface area contributed by atoms with Crippen molar-refractivity contribution >= 4 is 36.9 Å². The molecule has 0 radical (unpaired) electrons. The van der Waals surface area contributed by atoms with Gasteiger partial charge in [0.05, 0.1) is 5.52 Å². The van der Waals surface area contributed by atoms with Crippen molar-refractivity contribution in [3.63, 3.8) is 0 Å². The summed E-state index contributed by atoms with van der Waals surface area (Å²) in [6.45, 7) is 3.51. The summed E-state index contributed by atoms with van der Waals surface area (Å²) in [5.74, 6) is -0.541. The normalized spacial score (nSPS) is 22.5. The first-order chi connectivity index (χ1) is 10.2. The Morgan fingerprint density at radius 1 is 1.32 bits per heavy atom. The predicted octanol–water partition coefficient (Wildman–Crippen LogP) is 4.35. The van der Waals surface area contributed by atoms with Gasteiger partial charge in [-0.3, -0.25) is 0 Å². The molecule has 0 saturated heterocycles. The van der Waals surface area contributed by atoms with Gasteiger partial charge < -0.3 is 0 Å². The van der Waals surface area contributed by atoms with Gasteiger partial charge in [0.2, 0.25) is 10.0 Å². The van der Waals surface area contributed by atoms with Gasteiger partial charge in [0.15, 0.2) is 0 Å². The molecule has 0 bridgehead atoms. The van der Waals surface area contributed by atoms with Crippen molar-refractivity contribution in [2.75, 3.05) is 0 Å². The average molecular weight is 384 g/mol. The molecule has 1 aromatic carbocycles. The van der Waals surface area contributed by atoms with Crippen LogP contribution in [0.25, 0.3) is 10.9 Å². The highest BCUT2D eigenvalue weighted by atomic mass is 79.9. The third-order valence-corrected chi connectivity index (χ3v) is 6.69. The zero-order valence-corrected chi connectivity index (χ0v) is 14.6. The second kappa shape index (κ2) is 5.06. The lowest BCUT2D eigenvalue weighted by atomic mass is 9.98. The van der Waals surface area contributed by atoms with Gasteiger partial charge in [-0.15, -0.1) is 0 Å². The van der Waals surface area contributed by atoms with Crippen LogP contribution in [-0.2, 0) is 10.0 Å². The average Bonchev–Trinajstić information content (AvgIpc) is 2.82. The summed E-state index contributed by atoms with van der Waals surface area (Å²) in [4.78, 5) is 0. The Morgan fingerprint density at radius 2 is 2.05 bits per heavy atom. The van der Waals surface area contributed by atoms with E-state index in [1.54, 1.807) is 31.2 Å². The van der Waals surface area contributed by atoms with E-state index in [1.165, 1.54) is 12.3 Å². The quantitative estimate of drug-likeness (QED) is 0.773. The number of para-hydroxylation sites is 1. The number of fused-ring (bicyclic) bond motifs is 1. The summed E-state index contributed by atoms with van der Waals surface area (Å²) in [6, 6.07) is 6.16. The highest BCUT2D eigenvalue weighted by Crippen LogP contribution is 2.38. The minimum absolute atomic E-state index is 0.0976. The Bertz CT molecular complexity index is 927. The minimum Gasteiger partial charge on any atom is -0.241 e. The first-order valence-electron chi connectivity index (χ1n) is 6.81. The van der Waals surface area contributed by atoms with Crippen molar-refractivity contribution in [3.8, 4) is 0 Å². The predicted molar refractivity (Wildman–Crippen MR) is 90.0 cm³/mol. The molecule has 1 heterocycles. The molecular weight excluding hydrogens is 369 g/mol. The van der Waals surface area contributed by atoms with Gasteiger partial charge in [-0.05, 0) is 36.5 Å². The van der Waals surface area contributed by atoms with E-state index < -0.39 is 20.6 Å². The summed E-state index contributed by atoms with van der Waals surface area (Å²) >= 11 is 3.40. The molecule has 22 heavy (non-hydrogen) atoms. The number of benzene rings is 1. The SMILES string of the molecule is CC1=CC(C)(S(=O)(=O)n2ccc3cccc(F)c32)CC(Br)=C1. The van der Waals surface area contributed by atoms with Gasteiger partial charge in [0.1, 0.15) is 10.6 Å².